The lowest BCUT2D eigenvalue weighted by atomic mass is 10.1. The lowest BCUT2D eigenvalue weighted by Crippen LogP contribution is -2.37. The molecule has 0 heterocycles. The molecule has 0 spiro atoms. The molecule has 0 amide bonds. The van der Waals surface area contributed by atoms with E-state index in [0.717, 1.165) is 24.5 Å². The Morgan fingerprint density at radius 1 is 0.952 bits per heavy atom. The minimum atomic E-state index is -0.218. The minimum Gasteiger partial charge on any atom is -0.356 e. The first-order valence-electron chi connectivity index (χ1n) is 7.01. The maximum absolute atomic E-state index is 12.8. The van der Waals surface area contributed by atoms with E-state index in [0.29, 0.717) is 6.54 Å². The molecule has 3 nitrogen and oxygen atoms in total. The van der Waals surface area contributed by atoms with Crippen molar-refractivity contribution in [2.45, 2.75) is 13.0 Å². The molecule has 0 aliphatic heterocycles. The smallest absolute Gasteiger partial charge is 0.191 e. The van der Waals surface area contributed by atoms with E-state index in [2.05, 4.69) is 27.8 Å². The molecule has 0 aromatic heterocycles. The molecule has 2 aromatic carbocycles. The molecule has 110 valence electrons. The normalized spacial score (nSPS) is 11.2. The second-order valence-electron chi connectivity index (χ2n) is 4.71. The van der Waals surface area contributed by atoms with Crippen LogP contribution in [0.3, 0.4) is 0 Å². The lowest BCUT2D eigenvalue weighted by Gasteiger charge is -2.12. The van der Waals surface area contributed by atoms with Crippen LogP contribution in [0.1, 0.15) is 11.1 Å². The van der Waals surface area contributed by atoms with Gasteiger partial charge in [-0.05, 0) is 29.7 Å². The van der Waals surface area contributed by atoms with Crippen LogP contribution >= 0.6 is 0 Å². The summed E-state index contributed by atoms with van der Waals surface area (Å²) in [6.07, 6.45) is 0.943. The number of hydrogen-bond donors (Lipinski definition) is 2. The Bertz CT molecular complexity index is 564. The highest BCUT2D eigenvalue weighted by Gasteiger charge is 1.99. The largest absolute Gasteiger partial charge is 0.356 e. The minimum absolute atomic E-state index is 0.218. The number of halogens is 1. The van der Waals surface area contributed by atoms with Crippen LogP contribution in [0.25, 0.3) is 0 Å². The van der Waals surface area contributed by atoms with E-state index >= 15 is 0 Å². The van der Waals surface area contributed by atoms with Crippen LogP contribution in [0.5, 0.6) is 0 Å². The standard InChI is InChI=1S/C17H20FN3/c1-19-17(20-12-11-14-5-3-2-4-6-14)21-13-15-7-9-16(18)10-8-15/h2-10H,11-13H2,1H3,(H2,19,20,21). The second-order valence-corrected chi connectivity index (χ2v) is 4.71. The molecule has 0 atom stereocenters. The highest BCUT2D eigenvalue weighted by molar-refractivity contribution is 5.79. The number of nitrogens with one attached hydrogen (secondary N) is 2. The molecule has 0 bridgehead atoms. The number of hydrogen-bond acceptors (Lipinski definition) is 1. The number of benzene rings is 2. The van der Waals surface area contributed by atoms with Gasteiger partial charge in [0, 0.05) is 20.1 Å². The van der Waals surface area contributed by atoms with E-state index in [1.165, 1.54) is 17.7 Å². The van der Waals surface area contributed by atoms with Gasteiger partial charge in [-0.25, -0.2) is 4.39 Å². The molecule has 0 unspecified atom stereocenters. The van der Waals surface area contributed by atoms with Gasteiger partial charge in [0.25, 0.3) is 0 Å². The first-order chi connectivity index (χ1) is 10.3. The molecule has 2 aromatic rings. The molecule has 21 heavy (non-hydrogen) atoms. The van der Waals surface area contributed by atoms with Crippen molar-refractivity contribution >= 4 is 5.96 Å². The summed E-state index contributed by atoms with van der Waals surface area (Å²) < 4.78 is 12.8. The third kappa shape index (κ3) is 5.26. The van der Waals surface area contributed by atoms with Crippen molar-refractivity contribution in [3.05, 3.63) is 71.5 Å². The maximum atomic E-state index is 12.8. The van der Waals surface area contributed by atoms with Crippen LogP contribution < -0.4 is 10.6 Å². The predicted octanol–water partition coefficient (Wildman–Crippen LogP) is 2.73. The van der Waals surface area contributed by atoms with Gasteiger partial charge in [0.05, 0.1) is 0 Å². The van der Waals surface area contributed by atoms with Crippen molar-refractivity contribution in [2.24, 2.45) is 4.99 Å². The van der Waals surface area contributed by atoms with Gasteiger partial charge in [0.2, 0.25) is 0 Å². The average molecular weight is 285 g/mol. The SMILES string of the molecule is CN=C(NCCc1ccccc1)NCc1ccc(F)cc1. The van der Waals surface area contributed by atoms with E-state index in [1.54, 1.807) is 19.2 Å². The van der Waals surface area contributed by atoms with Gasteiger partial charge < -0.3 is 10.6 Å². The molecule has 2 rings (SSSR count). The Hall–Kier alpha value is -2.36. The van der Waals surface area contributed by atoms with Crippen LogP contribution in [0.15, 0.2) is 59.6 Å². The van der Waals surface area contributed by atoms with E-state index in [1.807, 2.05) is 18.2 Å². The van der Waals surface area contributed by atoms with Gasteiger partial charge in [0.1, 0.15) is 5.82 Å². The quantitative estimate of drug-likeness (QED) is 0.654. The number of guanidine groups is 1. The fourth-order valence-electron chi connectivity index (χ4n) is 1.98. The zero-order chi connectivity index (χ0) is 14.9. The second kappa shape index (κ2) is 8.04. The fourth-order valence-corrected chi connectivity index (χ4v) is 1.98. The van der Waals surface area contributed by atoms with Crippen LogP contribution in [0, 0.1) is 5.82 Å². The van der Waals surface area contributed by atoms with E-state index in [9.17, 15) is 4.39 Å². The highest BCUT2D eigenvalue weighted by atomic mass is 19.1. The van der Waals surface area contributed by atoms with E-state index < -0.39 is 0 Å². The molecule has 0 fully saturated rings. The van der Waals surface area contributed by atoms with E-state index in [4.69, 9.17) is 0 Å². The molecule has 0 aliphatic rings. The van der Waals surface area contributed by atoms with Gasteiger partial charge >= 0.3 is 0 Å². The molecule has 0 saturated carbocycles. The van der Waals surface area contributed by atoms with Gasteiger partial charge in [-0.1, -0.05) is 42.5 Å². The third-order valence-electron chi connectivity index (χ3n) is 3.15. The number of rotatable bonds is 5. The van der Waals surface area contributed by atoms with Crippen molar-refractivity contribution in [1.82, 2.24) is 10.6 Å². The Morgan fingerprint density at radius 3 is 2.33 bits per heavy atom. The summed E-state index contributed by atoms with van der Waals surface area (Å²) in [6.45, 7) is 1.43. The Morgan fingerprint density at radius 2 is 1.67 bits per heavy atom. The van der Waals surface area contributed by atoms with Gasteiger partial charge in [-0.15, -0.1) is 0 Å². The Balaban J connectivity index is 1.74. The van der Waals surface area contributed by atoms with Crippen molar-refractivity contribution < 1.29 is 4.39 Å². The number of aliphatic imine (C=N–C) groups is 1. The van der Waals surface area contributed by atoms with Crippen LogP contribution in [-0.2, 0) is 13.0 Å². The molecular formula is C17H20FN3. The summed E-state index contributed by atoms with van der Waals surface area (Å²) in [5, 5.41) is 6.47. The predicted molar refractivity (Wildman–Crippen MR) is 84.7 cm³/mol. The van der Waals surface area contributed by atoms with Gasteiger partial charge in [-0.2, -0.15) is 0 Å². The van der Waals surface area contributed by atoms with Crippen LogP contribution in [-0.4, -0.2) is 19.6 Å². The molecule has 0 aliphatic carbocycles. The Labute approximate surface area is 124 Å². The highest BCUT2D eigenvalue weighted by Crippen LogP contribution is 2.02. The summed E-state index contributed by atoms with van der Waals surface area (Å²) in [5.41, 5.74) is 2.31. The van der Waals surface area contributed by atoms with Crippen LogP contribution in [0.4, 0.5) is 4.39 Å². The molecular weight excluding hydrogens is 265 g/mol. The average Bonchev–Trinajstić information content (AvgIpc) is 2.53. The third-order valence-corrected chi connectivity index (χ3v) is 3.15. The summed E-state index contributed by atoms with van der Waals surface area (Å²) in [7, 11) is 1.74. The van der Waals surface area contributed by atoms with Gasteiger partial charge in [0.15, 0.2) is 5.96 Å². The van der Waals surface area contributed by atoms with Crippen molar-refractivity contribution in [3.63, 3.8) is 0 Å². The molecule has 0 saturated heterocycles. The number of nitrogens with zero attached hydrogens (tertiary/aromatic N) is 1. The summed E-state index contributed by atoms with van der Waals surface area (Å²) in [5.74, 6) is 0.527. The first-order valence-corrected chi connectivity index (χ1v) is 7.01. The van der Waals surface area contributed by atoms with Crippen molar-refractivity contribution in [1.29, 1.82) is 0 Å². The summed E-state index contributed by atoms with van der Waals surface area (Å²) >= 11 is 0. The van der Waals surface area contributed by atoms with E-state index in [-0.39, 0.29) is 5.82 Å². The van der Waals surface area contributed by atoms with Crippen molar-refractivity contribution in [3.8, 4) is 0 Å². The van der Waals surface area contributed by atoms with Gasteiger partial charge in [-0.3, -0.25) is 4.99 Å². The first kappa shape index (κ1) is 15.0. The zero-order valence-electron chi connectivity index (χ0n) is 12.1. The summed E-state index contributed by atoms with van der Waals surface area (Å²) in [6, 6.07) is 16.8. The lowest BCUT2D eigenvalue weighted by molar-refractivity contribution is 0.626. The summed E-state index contributed by atoms with van der Waals surface area (Å²) in [4.78, 5) is 4.17. The topological polar surface area (TPSA) is 36.4 Å². The molecule has 2 N–H and O–H groups in total. The monoisotopic (exact) mass is 285 g/mol. The fraction of sp³-hybridized carbons (Fsp3) is 0.235. The zero-order valence-corrected chi connectivity index (χ0v) is 12.1. The molecule has 4 heteroatoms. The van der Waals surface area contributed by atoms with Crippen LogP contribution in [0.2, 0.25) is 0 Å². The molecule has 0 radical (unpaired) electrons. The Kier molecular flexibility index (Phi) is 5.76. The maximum Gasteiger partial charge on any atom is 0.191 e. The van der Waals surface area contributed by atoms with Crippen molar-refractivity contribution in [2.75, 3.05) is 13.6 Å².